The van der Waals surface area contributed by atoms with E-state index in [-0.39, 0.29) is 6.09 Å². The first-order valence-corrected chi connectivity index (χ1v) is 10.8. The zero-order valence-corrected chi connectivity index (χ0v) is 19.5. The van der Waals surface area contributed by atoms with Crippen molar-refractivity contribution in [1.82, 2.24) is 20.4 Å². The van der Waals surface area contributed by atoms with Gasteiger partial charge in [0.2, 0.25) is 0 Å². The van der Waals surface area contributed by atoms with Crippen LogP contribution >= 0.6 is 11.6 Å². The van der Waals surface area contributed by atoms with Crippen LogP contribution in [0.25, 0.3) is 0 Å². The molecule has 174 valence electrons. The van der Waals surface area contributed by atoms with Crippen molar-refractivity contribution in [2.24, 2.45) is 0 Å². The Labute approximate surface area is 192 Å². The Balaban J connectivity index is 1.78. The van der Waals surface area contributed by atoms with Crippen molar-refractivity contribution in [1.29, 1.82) is 0 Å². The summed E-state index contributed by atoms with van der Waals surface area (Å²) in [5, 5.41) is 6.04. The van der Waals surface area contributed by atoms with Gasteiger partial charge in [0, 0.05) is 43.4 Å². The van der Waals surface area contributed by atoms with Gasteiger partial charge in [0.25, 0.3) is 0 Å². The third-order valence-electron chi connectivity index (χ3n) is 5.15. The Morgan fingerprint density at radius 1 is 1.19 bits per heavy atom. The Morgan fingerprint density at radius 3 is 2.47 bits per heavy atom. The van der Waals surface area contributed by atoms with Gasteiger partial charge < -0.3 is 25.0 Å². The molecule has 1 aromatic rings. The van der Waals surface area contributed by atoms with E-state index in [4.69, 9.17) is 21.1 Å². The molecule has 1 atom stereocenters. The van der Waals surface area contributed by atoms with Gasteiger partial charge in [-0.15, -0.1) is 0 Å². The summed E-state index contributed by atoms with van der Waals surface area (Å²) in [6.45, 7) is 7.94. The maximum atomic E-state index is 12.7. The van der Waals surface area contributed by atoms with Crippen LogP contribution in [0.1, 0.15) is 32.4 Å². The summed E-state index contributed by atoms with van der Waals surface area (Å²) >= 11 is 6.12. The molecule has 2 heterocycles. The normalized spacial score (nSPS) is 19.8. The Hall–Kier alpha value is -2.78. The average molecular weight is 465 g/mol. The number of piperazine rings is 1. The van der Waals surface area contributed by atoms with Crippen LogP contribution in [0.4, 0.5) is 9.59 Å². The molecule has 2 aliphatic heterocycles. The monoisotopic (exact) mass is 464 g/mol. The number of carbonyl (C=O) groups is 3. The second-order valence-corrected chi connectivity index (χ2v) is 9.15. The fourth-order valence-electron chi connectivity index (χ4n) is 3.67. The molecule has 1 aromatic carbocycles. The molecular formula is C22H29ClN4O5. The molecule has 0 bridgehead atoms. The quantitative estimate of drug-likeness (QED) is 0.664. The molecule has 0 radical (unpaired) electrons. The molecule has 1 saturated heterocycles. The fourth-order valence-corrected chi connectivity index (χ4v) is 3.87. The molecule has 1 fully saturated rings. The molecule has 0 saturated carbocycles. The number of carbonyl (C=O) groups excluding carboxylic acids is 3. The van der Waals surface area contributed by atoms with Crippen molar-refractivity contribution in [3.8, 4) is 0 Å². The van der Waals surface area contributed by atoms with E-state index in [1.165, 1.54) is 7.11 Å². The maximum absolute atomic E-state index is 12.7. The predicted octanol–water partition coefficient (Wildman–Crippen LogP) is 2.67. The van der Waals surface area contributed by atoms with E-state index < -0.39 is 23.6 Å². The number of amides is 3. The first kappa shape index (κ1) is 23.9. The van der Waals surface area contributed by atoms with Crippen molar-refractivity contribution < 1.29 is 23.9 Å². The maximum Gasteiger partial charge on any atom is 0.410 e. The van der Waals surface area contributed by atoms with E-state index in [1.54, 1.807) is 29.2 Å². The average Bonchev–Trinajstić information content (AvgIpc) is 2.72. The summed E-state index contributed by atoms with van der Waals surface area (Å²) < 4.78 is 10.4. The van der Waals surface area contributed by atoms with E-state index in [9.17, 15) is 14.4 Å². The molecule has 32 heavy (non-hydrogen) atoms. The minimum absolute atomic E-state index is 0.323. The summed E-state index contributed by atoms with van der Waals surface area (Å²) in [6.07, 6.45) is -0.345. The standard InChI is InChI=1S/C22H29ClN4O5/c1-22(2,3)32-21(30)27-10-8-26(9-11-27)13-16-17(19(28)31-4)18(25-20(29)24-16)14-6-5-7-15(23)12-14/h5-7,12,18H,8-11,13H2,1-4H3,(H2,24,25,29). The number of rotatable bonds is 4. The minimum Gasteiger partial charge on any atom is -0.466 e. The zero-order valence-electron chi connectivity index (χ0n) is 18.7. The van der Waals surface area contributed by atoms with E-state index in [0.29, 0.717) is 54.6 Å². The van der Waals surface area contributed by atoms with Crippen LogP contribution < -0.4 is 10.6 Å². The van der Waals surface area contributed by atoms with Crippen LogP contribution in [0.5, 0.6) is 0 Å². The number of methoxy groups -OCH3 is 1. The first-order valence-electron chi connectivity index (χ1n) is 10.4. The number of nitrogens with zero attached hydrogens (tertiary/aromatic N) is 2. The van der Waals surface area contributed by atoms with Crippen molar-refractivity contribution >= 4 is 29.7 Å². The third-order valence-corrected chi connectivity index (χ3v) is 5.38. The fraction of sp³-hybridized carbons (Fsp3) is 0.500. The molecule has 0 aromatic heterocycles. The number of urea groups is 1. The van der Waals surface area contributed by atoms with Crippen LogP contribution in [-0.2, 0) is 14.3 Å². The number of benzene rings is 1. The molecule has 0 aliphatic carbocycles. The highest BCUT2D eigenvalue weighted by Crippen LogP contribution is 2.29. The molecule has 3 amide bonds. The molecule has 2 N–H and O–H groups in total. The molecule has 1 unspecified atom stereocenters. The number of hydrogen-bond acceptors (Lipinski definition) is 6. The largest absolute Gasteiger partial charge is 0.466 e. The van der Waals surface area contributed by atoms with Gasteiger partial charge in [0.15, 0.2) is 0 Å². The lowest BCUT2D eigenvalue weighted by Crippen LogP contribution is -2.53. The van der Waals surface area contributed by atoms with E-state index in [0.717, 1.165) is 0 Å². The number of nitrogens with one attached hydrogen (secondary N) is 2. The number of halogens is 1. The smallest absolute Gasteiger partial charge is 0.410 e. The summed E-state index contributed by atoms with van der Waals surface area (Å²) in [6, 6.07) is 5.88. The van der Waals surface area contributed by atoms with Crippen molar-refractivity contribution in [2.45, 2.75) is 32.4 Å². The van der Waals surface area contributed by atoms with E-state index >= 15 is 0 Å². The molecule has 0 spiro atoms. The van der Waals surface area contributed by atoms with Crippen molar-refractivity contribution in [3.05, 3.63) is 46.1 Å². The van der Waals surface area contributed by atoms with Gasteiger partial charge in [-0.05, 0) is 38.5 Å². The lowest BCUT2D eigenvalue weighted by Gasteiger charge is -2.37. The van der Waals surface area contributed by atoms with Crippen molar-refractivity contribution in [3.63, 3.8) is 0 Å². The summed E-state index contributed by atoms with van der Waals surface area (Å²) in [5.74, 6) is -0.537. The van der Waals surface area contributed by atoms with E-state index in [2.05, 4.69) is 15.5 Å². The second-order valence-electron chi connectivity index (χ2n) is 8.71. The SMILES string of the molecule is COC(=O)C1=C(CN2CCN(C(=O)OC(C)(C)C)CC2)NC(=O)NC1c1cccc(Cl)c1. The number of esters is 1. The summed E-state index contributed by atoms with van der Waals surface area (Å²) in [7, 11) is 1.30. The lowest BCUT2D eigenvalue weighted by atomic mass is 9.95. The van der Waals surface area contributed by atoms with Gasteiger partial charge in [0.05, 0.1) is 18.7 Å². The van der Waals surface area contributed by atoms with Gasteiger partial charge in [-0.25, -0.2) is 14.4 Å². The molecule has 10 heteroatoms. The van der Waals surface area contributed by atoms with Crippen LogP contribution in [0, 0.1) is 0 Å². The Morgan fingerprint density at radius 2 is 1.88 bits per heavy atom. The van der Waals surface area contributed by atoms with Gasteiger partial charge >= 0.3 is 18.1 Å². The zero-order chi connectivity index (χ0) is 23.5. The number of hydrogen-bond donors (Lipinski definition) is 2. The van der Waals surface area contributed by atoms with Crippen LogP contribution in [-0.4, -0.2) is 73.3 Å². The minimum atomic E-state index is -0.687. The summed E-state index contributed by atoms with van der Waals surface area (Å²) in [4.78, 5) is 41.1. The molecular weight excluding hydrogens is 436 g/mol. The molecule has 3 rings (SSSR count). The predicted molar refractivity (Wildman–Crippen MR) is 119 cm³/mol. The third kappa shape index (κ3) is 5.92. The van der Waals surface area contributed by atoms with Crippen LogP contribution in [0.2, 0.25) is 5.02 Å². The molecule has 9 nitrogen and oxygen atoms in total. The highest BCUT2D eigenvalue weighted by atomic mass is 35.5. The van der Waals surface area contributed by atoms with Gasteiger partial charge in [-0.2, -0.15) is 0 Å². The lowest BCUT2D eigenvalue weighted by molar-refractivity contribution is -0.136. The van der Waals surface area contributed by atoms with Gasteiger partial charge in [-0.1, -0.05) is 23.7 Å². The van der Waals surface area contributed by atoms with Crippen molar-refractivity contribution in [2.75, 3.05) is 39.8 Å². The van der Waals surface area contributed by atoms with Crippen LogP contribution in [0.3, 0.4) is 0 Å². The summed E-state index contributed by atoms with van der Waals surface area (Å²) in [5.41, 5.74) is 0.920. The molecule has 2 aliphatic rings. The first-order chi connectivity index (χ1) is 15.1. The van der Waals surface area contributed by atoms with Crippen LogP contribution in [0.15, 0.2) is 35.5 Å². The van der Waals surface area contributed by atoms with Gasteiger partial charge in [-0.3, -0.25) is 4.90 Å². The van der Waals surface area contributed by atoms with Gasteiger partial charge in [0.1, 0.15) is 5.60 Å². The highest BCUT2D eigenvalue weighted by molar-refractivity contribution is 6.30. The topological polar surface area (TPSA) is 100 Å². The highest BCUT2D eigenvalue weighted by Gasteiger charge is 2.35. The van der Waals surface area contributed by atoms with E-state index in [1.807, 2.05) is 20.8 Å². The Bertz CT molecular complexity index is 919. The Kier molecular flexibility index (Phi) is 7.30. The second kappa shape index (κ2) is 9.79. The number of ether oxygens (including phenoxy) is 2.